The molecule has 27 heavy (non-hydrogen) atoms. The largest absolute Gasteiger partial charge is 0.489 e. The van der Waals surface area contributed by atoms with E-state index in [9.17, 15) is 0 Å². The van der Waals surface area contributed by atoms with E-state index < -0.39 is 0 Å². The van der Waals surface area contributed by atoms with Crippen LogP contribution in [0.25, 0.3) is 0 Å². The molecule has 138 valence electrons. The third kappa shape index (κ3) is 4.98. The third-order valence-corrected chi connectivity index (χ3v) is 4.62. The Labute approximate surface area is 161 Å². The van der Waals surface area contributed by atoms with Gasteiger partial charge in [-0.25, -0.2) is 0 Å². The van der Waals surface area contributed by atoms with Crippen molar-refractivity contribution in [3.63, 3.8) is 0 Å². The van der Waals surface area contributed by atoms with Crippen molar-refractivity contribution in [3.8, 4) is 11.5 Å². The fourth-order valence-corrected chi connectivity index (χ4v) is 2.82. The van der Waals surface area contributed by atoms with Gasteiger partial charge in [0.1, 0.15) is 24.7 Å². The van der Waals surface area contributed by atoms with Gasteiger partial charge in [-0.05, 0) is 55.2 Å². The smallest absolute Gasteiger partial charge is 0.124 e. The van der Waals surface area contributed by atoms with Crippen LogP contribution in [-0.2, 0) is 13.2 Å². The summed E-state index contributed by atoms with van der Waals surface area (Å²) in [5.74, 6) is 1.42. The summed E-state index contributed by atoms with van der Waals surface area (Å²) >= 11 is 0. The van der Waals surface area contributed by atoms with Gasteiger partial charge in [-0.1, -0.05) is 48.5 Å². The lowest BCUT2D eigenvalue weighted by Gasteiger charge is -2.14. The van der Waals surface area contributed by atoms with Gasteiger partial charge in [-0.2, -0.15) is 0 Å². The number of hydrogen-bond acceptors (Lipinski definition) is 3. The number of nitrogens with one attached hydrogen (secondary N) is 1. The second kappa shape index (κ2) is 8.54. The molecule has 0 unspecified atom stereocenters. The molecule has 3 rings (SSSR count). The summed E-state index contributed by atoms with van der Waals surface area (Å²) in [5.41, 5.74) is 5.99. The van der Waals surface area contributed by atoms with Gasteiger partial charge in [0.25, 0.3) is 0 Å². The average molecular weight is 359 g/mol. The molecule has 0 saturated heterocycles. The van der Waals surface area contributed by atoms with Crippen LogP contribution in [0.1, 0.15) is 34.7 Å². The Morgan fingerprint density at radius 2 is 1.19 bits per heavy atom. The van der Waals surface area contributed by atoms with Crippen LogP contribution in [0, 0.1) is 19.3 Å². The van der Waals surface area contributed by atoms with E-state index >= 15 is 0 Å². The minimum Gasteiger partial charge on any atom is -0.489 e. The van der Waals surface area contributed by atoms with Crippen LogP contribution in [0.4, 0.5) is 0 Å². The molecule has 0 fully saturated rings. The van der Waals surface area contributed by atoms with Crippen LogP contribution in [0.3, 0.4) is 0 Å². The molecule has 1 N–H and O–H groups in total. The van der Waals surface area contributed by atoms with Crippen LogP contribution in [0.15, 0.2) is 66.7 Å². The fourth-order valence-electron chi connectivity index (χ4n) is 2.82. The highest BCUT2D eigenvalue weighted by atomic mass is 16.5. The van der Waals surface area contributed by atoms with Crippen molar-refractivity contribution in [1.82, 2.24) is 0 Å². The summed E-state index contributed by atoms with van der Waals surface area (Å²) in [6.07, 6.45) is 0. The number of aryl methyl sites for hydroxylation is 2. The van der Waals surface area contributed by atoms with E-state index in [1.54, 1.807) is 6.92 Å². The molecule has 0 amide bonds. The molecule has 0 aromatic heterocycles. The fraction of sp³-hybridized carbons (Fsp3) is 0.208. The van der Waals surface area contributed by atoms with Crippen molar-refractivity contribution in [3.05, 3.63) is 94.5 Å². The Kier molecular flexibility index (Phi) is 5.92. The number of ether oxygens (including phenoxy) is 2. The van der Waals surface area contributed by atoms with Gasteiger partial charge in [-0.3, -0.25) is 0 Å². The molecule has 0 saturated carbocycles. The van der Waals surface area contributed by atoms with Gasteiger partial charge in [0.05, 0.1) is 0 Å². The van der Waals surface area contributed by atoms with Crippen LogP contribution < -0.4 is 9.47 Å². The Bertz CT molecular complexity index is 879. The lowest BCUT2D eigenvalue weighted by Crippen LogP contribution is -2.02. The van der Waals surface area contributed by atoms with Crippen molar-refractivity contribution in [2.75, 3.05) is 0 Å². The molecular formula is C24H25NO2. The van der Waals surface area contributed by atoms with Crippen molar-refractivity contribution in [2.24, 2.45) is 0 Å². The summed E-state index contributed by atoms with van der Waals surface area (Å²) in [7, 11) is 0. The van der Waals surface area contributed by atoms with Crippen LogP contribution in [-0.4, -0.2) is 5.71 Å². The van der Waals surface area contributed by atoms with E-state index in [0.29, 0.717) is 30.4 Å². The highest BCUT2D eigenvalue weighted by Crippen LogP contribution is 2.25. The predicted molar refractivity (Wildman–Crippen MR) is 110 cm³/mol. The van der Waals surface area contributed by atoms with E-state index in [-0.39, 0.29) is 0 Å². The molecular weight excluding hydrogens is 334 g/mol. The van der Waals surface area contributed by atoms with Gasteiger partial charge in [-0.15, -0.1) is 0 Å². The summed E-state index contributed by atoms with van der Waals surface area (Å²) in [6.45, 7) is 6.90. The van der Waals surface area contributed by atoms with Crippen molar-refractivity contribution in [2.45, 2.75) is 34.0 Å². The van der Waals surface area contributed by atoms with E-state index in [1.807, 2.05) is 42.5 Å². The average Bonchev–Trinajstić information content (AvgIpc) is 2.66. The second-order valence-electron chi connectivity index (χ2n) is 6.75. The Balaban J connectivity index is 1.77. The van der Waals surface area contributed by atoms with Crippen LogP contribution in [0.5, 0.6) is 11.5 Å². The molecule has 0 heterocycles. The summed E-state index contributed by atoms with van der Waals surface area (Å²) < 4.78 is 12.0. The zero-order valence-electron chi connectivity index (χ0n) is 16.1. The van der Waals surface area contributed by atoms with E-state index in [4.69, 9.17) is 14.9 Å². The SMILES string of the molecule is CC(=N)c1cc(OCc2ccccc2C)cc(OCc2ccccc2C)c1. The molecule has 3 nitrogen and oxygen atoms in total. The van der Waals surface area contributed by atoms with Crippen molar-refractivity contribution in [1.29, 1.82) is 5.41 Å². The molecule has 0 aliphatic carbocycles. The Morgan fingerprint density at radius 3 is 1.59 bits per heavy atom. The zero-order valence-corrected chi connectivity index (χ0v) is 16.1. The lowest BCUT2D eigenvalue weighted by atomic mass is 10.1. The maximum atomic E-state index is 7.98. The third-order valence-electron chi connectivity index (χ3n) is 4.62. The summed E-state index contributed by atoms with van der Waals surface area (Å²) in [5, 5.41) is 7.98. The molecule has 0 aliphatic heterocycles. The first-order valence-electron chi connectivity index (χ1n) is 9.08. The minimum atomic E-state index is 0.483. The van der Waals surface area contributed by atoms with E-state index in [1.165, 1.54) is 11.1 Å². The quantitative estimate of drug-likeness (QED) is 0.538. The normalized spacial score (nSPS) is 10.5. The second-order valence-corrected chi connectivity index (χ2v) is 6.75. The molecule has 0 atom stereocenters. The first-order chi connectivity index (χ1) is 13.0. The maximum absolute atomic E-state index is 7.98. The first-order valence-corrected chi connectivity index (χ1v) is 9.08. The predicted octanol–water partition coefficient (Wildman–Crippen LogP) is 5.85. The van der Waals surface area contributed by atoms with Crippen LogP contribution in [0.2, 0.25) is 0 Å². The zero-order chi connectivity index (χ0) is 19.2. The van der Waals surface area contributed by atoms with Crippen molar-refractivity contribution < 1.29 is 9.47 Å². The summed E-state index contributed by atoms with van der Waals surface area (Å²) in [6, 6.07) is 22.0. The minimum absolute atomic E-state index is 0.483. The van der Waals surface area contributed by atoms with E-state index in [2.05, 4.69) is 38.1 Å². The number of hydrogen-bond donors (Lipinski definition) is 1. The molecule has 0 spiro atoms. The van der Waals surface area contributed by atoms with Gasteiger partial charge < -0.3 is 14.9 Å². The Morgan fingerprint density at radius 1 is 0.741 bits per heavy atom. The van der Waals surface area contributed by atoms with Gasteiger partial charge in [0.15, 0.2) is 0 Å². The Hall–Kier alpha value is -3.07. The van der Waals surface area contributed by atoms with Gasteiger partial charge in [0, 0.05) is 17.3 Å². The molecule has 0 radical (unpaired) electrons. The monoisotopic (exact) mass is 359 g/mol. The molecule has 3 heteroatoms. The summed E-state index contributed by atoms with van der Waals surface area (Å²) in [4.78, 5) is 0. The first kappa shape index (κ1) is 18.7. The lowest BCUT2D eigenvalue weighted by molar-refractivity contribution is 0.289. The van der Waals surface area contributed by atoms with E-state index in [0.717, 1.165) is 16.7 Å². The van der Waals surface area contributed by atoms with Crippen LogP contribution >= 0.6 is 0 Å². The molecule has 3 aromatic carbocycles. The molecule has 0 aliphatic rings. The molecule has 0 bridgehead atoms. The standard InChI is InChI=1S/C24H25NO2/c1-17-8-4-6-10-20(17)15-26-23-12-22(19(3)25)13-24(14-23)27-16-21-11-7-5-9-18(21)2/h4-14,25H,15-16H2,1-3H3. The van der Waals surface area contributed by atoms with Crippen molar-refractivity contribution >= 4 is 5.71 Å². The van der Waals surface area contributed by atoms with Gasteiger partial charge >= 0.3 is 0 Å². The highest BCUT2D eigenvalue weighted by Gasteiger charge is 2.07. The number of rotatable bonds is 7. The molecule has 3 aromatic rings. The number of benzene rings is 3. The van der Waals surface area contributed by atoms with Gasteiger partial charge in [0.2, 0.25) is 0 Å². The topological polar surface area (TPSA) is 42.3 Å². The maximum Gasteiger partial charge on any atom is 0.124 e. The highest BCUT2D eigenvalue weighted by molar-refractivity contribution is 5.97.